The lowest BCUT2D eigenvalue weighted by atomic mass is 10.2. The van der Waals surface area contributed by atoms with E-state index in [-0.39, 0.29) is 0 Å². The Balaban J connectivity index is 2.35. The summed E-state index contributed by atoms with van der Waals surface area (Å²) in [5.41, 5.74) is 8.41. The quantitative estimate of drug-likeness (QED) is 0.666. The van der Waals surface area contributed by atoms with Crippen LogP contribution in [0.25, 0.3) is 0 Å². The number of nitrogens with zero attached hydrogens (tertiary/aromatic N) is 1. The number of pyridine rings is 1. The lowest BCUT2D eigenvalue weighted by molar-refractivity contribution is 1.19. The van der Waals surface area contributed by atoms with Crippen LogP contribution in [-0.4, -0.2) is 16.2 Å². The van der Waals surface area contributed by atoms with Crippen LogP contribution in [0.1, 0.15) is 11.3 Å². The Morgan fingerprint density at radius 2 is 2.05 bits per heavy atom. The van der Waals surface area contributed by atoms with E-state index in [1.807, 2.05) is 43.5 Å². The number of nitrogens with two attached hydrogens (primary N) is 1. The van der Waals surface area contributed by atoms with Crippen molar-refractivity contribution in [3.8, 4) is 0 Å². The van der Waals surface area contributed by atoms with E-state index in [0.29, 0.717) is 4.99 Å². The minimum Gasteiger partial charge on any atom is -0.389 e. The molecule has 1 heterocycles. The van der Waals surface area contributed by atoms with Gasteiger partial charge in [-0.05, 0) is 37.4 Å². The highest BCUT2D eigenvalue weighted by Gasteiger charge is 2.05. The summed E-state index contributed by atoms with van der Waals surface area (Å²) in [7, 11) is 0. The molecule has 0 radical (unpaired) electrons. The third-order valence-electron chi connectivity index (χ3n) is 2.61. The molecular weight excluding hydrogens is 274 g/mol. The number of nitrogens with one attached hydrogen (secondary N) is 1. The van der Waals surface area contributed by atoms with Crippen LogP contribution in [0.4, 0.5) is 11.5 Å². The second-order valence-electron chi connectivity index (χ2n) is 4.07. The molecule has 2 aromatic rings. The van der Waals surface area contributed by atoms with Crippen LogP contribution < -0.4 is 11.1 Å². The highest BCUT2D eigenvalue weighted by atomic mass is 32.2. The molecule has 19 heavy (non-hydrogen) atoms. The van der Waals surface area contributed by atoms with Crippen LogP contribution in [0.15, 0.2) is 41.3 Å². The van der Waals surface area contributed by atoms with Gasteiger partial charge in [0.1, 0.15) is 10.8 Å². The molecule has 3 nitrogen and oxygen atoms in total. The molecule has 2 rings (SSSR count). The summed E-state index contributed by atoms with van der Waals surface area (Å²) >= 11 is 6.70. The van der Waals surface area contributed by atoms with Crippen molar-refractivity contribution in [2.24, 2.45) is 5.73 Å². The fourth-order valence-electron chi connectivity index (χ4n) is 1.76. The predicted octanol–water partition coefficient (Wildman–Crippen LogP) is 3.49. The molecular formula is C14H15N3S2. The summed E-state index contributed by atoms with van der Waals surface area (Å²) < 4.78 is 0. The molecule has 0 amide bonds. The number of thiocarbonyl (C=S) groups is 1. The van der Waals surface area contributed by atoms with Crippen molar-refractivity contribution in [1.82, 2.24) is 4.98 Å². The van der Waals surface area contributed by atoms with Gasteiger partial charge in [-0.3, -0.25) is 0 Å². The zero-order valence-corrected chi connectivity index (χ0v) is 12.4. The van der Waals surface area contributed by atoms with Crippen molar-refractivity contribution in [2.75, 3.05) is 11.6 Å². The third kappa shape index (κ3) is 3.45. The number of thioether (sulfide) groups is 1. The minimum atomic E-state index is 0.381. The summed E-state index contributed by atoms with van der Waals surface area (Å²) in [6, 6.07) is 11.8. The van der Waals surface area contributed by atoms with Crippen LogP contribution >= 0.6 is 24.0 Å². The molecule has 0 saturated heterocycles. The molecule has 0 aliphatic heterocycles. The molecule has 5 heteroatoms. The average molecular weight is 289 g/mol. The zero-order valence-electron chi connectivity index (χ0n) is 10.8. The SMILES string of the molecule is CSc1ccccc1Nc1cc(C(N)=S)cc(C)n1. The first kappa shape index (κ1) is 13.8. The van der Waals surface area contributed by atoms with Gasteiger partial charge in [0.05, 0.1) is 5.69 Å². The highest BCUT2D eigenvalue weighted by Crippen LogP contribution is 2.27. The number of anilines is 2. The maximum atomic E-state index is 5.67. The maximum absolute atomic E-state index is 5.67. The first-order valence-corrected chi connectivity index (χ1v) is 7.42. The Morgan fingerprint density at radius 3 is 2.74 bits per heavy atom. The van der Waals surface area contributed by atoms with E-state index in [1.165, 1.54) is 4.90 Å². The number of hydrogen-bond donors (Lipinski definition) is 2. The second kappa shape index (κ2) is 6.04. The fourth-order valence-corrected chi connectivity index (χ4v) is 2.43. The van der Waals surface area contributed by atoms with Gasteiger partial charge in [-0.15, -0.1) is 11.8 Å². The third-order valence-corrected chi connectivity index (χ3v) is 3.64. The van der Waals surface area contributed by atoms with Gasteiger partial charge in [0, 0.05) is 16.2 Å². The Bertz CT molecular complexity index is 611. The van der Waals surface area contributed by atoms with Gasteiger partial charge < -0.3 is 11.1 Å². The van der Waals surface area contributed by atoms with Crippen LogP contribution in [0.2, 0.25) is 0 Å². The van der Waals surface area contributed by atoms with Crippen LogP contribution in [0.3, 0.4) is 0 Å². The van der Waals surface area contributed by atoms with E-state index in [1.54, 1.807) is 11.8 Å². The number of para-hydroxylation sites is 1. The standard InChI is InChI=1S/C14H15N3S2/c1-9-7-10(14(15)18)8-13(16-9)17-11-5-3-4-6-12(11)19-2/h3-8H,1-2H3,(H2,15,18)(H,16,17). The Labute approximate surface area is 122 Å². The Hall–Kier alpha value is -1.59. The van der Waals surface area contributed by atoms with Crippen molar-refractivity contribution < 1.29 is 0 Å². The topological polar surface area (TPSA) is 50.9 Å². The van der Waals surface area contributed by atoms with E-state index in [2.05, 4.69) is 16.4 Å². The first-order valence-electron chi connectivity index (χ1n) is 5.78. The number of rotatable bonds is 4. The molecule has 1 aromatic carbocycles. The summed E-state index contributed by atoms with van der Waals surface area (Å²) in [4.78, 5) is 6.00. The normalized spacial score (nSPS) is 10.2. The van der Waals surface area contributed by atoms with Crippen molar-refractivity contribution in [3.63, 3.8) is 0 Å². The summed E-state index contributed by atoms with van der Waals surface area (Å²) in [5.74, 6) is 0.754. The van der Waals surface area contributed by atoms with E-state index in [0.717, 1.165) is 22.8 Å². The van der Waals surface area contributed by atoms with Crippen LogP contribution in [-0.2, 0) is 0 Å². The van der Waals surface area contributed by atoms with Gasteiger partial charge in [0.15, 0.2) is 0 Å². The Kier molecular flexibility index (Phi) is 4.39. The van der Waals surface area contributed by atoms with Crippen molar-refractivity contribution in [3.05, 3.63) is 47.7 Å². The molecule has 0 fully saturated rings. The smallest absolute Gasteiger partial charge is 0.131 e. The molecule has 1 aromatic heterocycles. The molecule has 0 atom stereocenters. The zero-order chi connectivity index (χ0) is 13.8. The lowest BCUT2D eigenvalue weighted by Gasteiger charge is -2.11. The van der Waals surface area contributed by atoms with E-state index in [9.17, 15) is 0 Å². The van der Waals surface area contributed by atoms with Gasteiger partial charge in [-0.25, -0.2) is 4.98 Å². The van der Waals surface area contributed by atoms with E-state index in [4.69, 9.17) is 18.0 Å². The fraction of sp³-hybridized carbons (Fsp3) is 0.143. The molecule has 0 aliphatic carbocycles. The number of benzene rings is 1. The molecule has 3 N–H and O–H groups in total. The predicted molar refractivity (Wildman–Crippen MR) is 86.4 cm³/mol. The molecule has 0 spiro atoms. The molecule has 0 saturated carbocycles. The summed E-state index contributed by atoms with van der Waals surface area (Å²) in [5, 5.41) is 3.31. The van der Waals surface area contributed by atoms with Gasteiger partial charge in [-0.1, -0.05) is 24.4 Å². The lowest BCUT2D eigenvalue weighted by Crippen LogP contribution is -2.10. The Morgan fingerprint density at radius 1 is 1.32 bits per heavy atom. The monoisotopic (exact) mass is 289 g/mol. The molecule has 0 unspecified atom stereocenters. The first-order chi connectivity index (χ1) is 9.10. The van der Waals surface area contributed by atoms with Gasteiger partial charge in [-0.2, -0.15) is 0 Å². The van der Waals surface area contributed by atoms with E-state index >= 15 is 0 Å². The average Bonchev–Trinajstić information content (AvgIpc) is 2.38. The minimum absolute atomic E-state index is 0.381. The van der Waals surface area contributed by atoms with E-state index < -0.39 is 0 Å². The number of aryl methyl sites for hydroxylation is 1. The summed E-state index contributed by atoms with van der Waals surface area (Å²) in [6.07, 6.45) is 2.05. The summed E-state index contributed by atoms with van der Waals surface area (Å²) in [6.45, 7) is 1.92. The van der Waals surface area contributed by atoms with Crippen LogP contribution in [0.5, 0.6) is 0 Å². The molecule has 0 aliphatic rings. The van der Waals surface area contributed by atoms with Gasteiger partial charge in [0.25, 0.3) is 0 Å². The largest absolute Gasteiger partial charge is 0.389 e. The van der Waals surface area contributed by atoms with Crippen molar-refractivity contribution in [2.45, 2.75) is 11.8 Å². The van der Waals surface area contributed by atoms with Crippen molar-refractivity contribution in [1.29, 1.82) is 0 Å². The molecule has 98 valence electrons. The second-order valence-corrected chi connectivity index (χ2v) is 5.36. The van der Waals surface area contributed by atoms with Gasteiger partial charge >= 0.3 is 0 Å². The maximum Gasteiger partial charge on any atom is 0.131 e. The van der Waals surface area contributed by atoms with Gasteiger partial charge in [0.2, 0.25) is 0 Å². The van der Waals surface area contributed by atoms with Crippen molar-refractivity contribution >= 4 is 40.5 Å². The molecule has 0 bridgehead atoms. The van der Waals surface area contributed by atoms with Crippen LogP contribution in [0, 0.1) is 6.92 Å². The number of aromatic nitrogens is 1. The highest BCUT2D eigenvalue weighted by molar-refractivity contribution is 7.98. The number of hydrogen-bond acceptors (Lipinski definition) is 4.